The van der Waals surface area contributed by atoms with Gasteiger partial charge in [0.1, 0.15) is 5.75 Å². The van der Waals surface area contributed by atoms with E-state index in [9.17, 15) is 4.79 Å². The van der Waals surface area contributed by atoms with Crippen LogP contribution in [0.2, 0.25) is 5.02 Å². The number of hydrogen-bond donors (Lipinski definition) is 0. The summed E-state index contributed by atoms with van der Waals surface area (Å²) >= 11 is 6.17. The maximum absolute atomic E-state index is 13.2. The van der Waals surface area contributed by atoms with Crippen molar-refractivity contribution in [3.8, 4) is 5.75 Å². The zero-order valence-corrected chi connectivity index (χ0v) is 19.8. The average molecular weight is 441 g/mol. The van der Waals surface area contributed by atoms with Gasteiger partial charge in [0, 0.05) is 35.6 Å². The summed E-state index contributed by atoms with van der Waals surface area (Å²) in [6.07, 6.45) is 2.62. The van der Waals surface area contributed by atoms with Gasteiger partial charge in [0.05, 0.1) is 7.11 Å². The standard InChI is InChI=1S/C26H33ClN2O2/c1-25(2,3)16-24(30)29-18-26(22-15-21(31-4)8-9-23(22)29)10-12-28(13-11-26)17-19-6-5-7-20(27)14-19/h5-9,14-15H,10-13,16-18H2,1-4H3. The van der Waals surface area contributed by atoms with E-state index in [4.69, 9.17) is 16.3 Å². The number of ether oxygens (including phenoxy) is 1. The summed E-state index contributed by atoms with van der Waals surface area (Å²) in [7, 11) is 1.71. The molecule has 166 valence electrons. The van der Waals surface area contributed by atoms with Crippen LogP contribution in [0.4, 0.5) is 5.69 Å². The summed E-state index contributed by atoms with van der Waals surface area (Å²) in [5, 5.41) is 0.788. The summed E-state index contributed by atoms with van der Waals surface area (Å²) < 4.78 is 5.53. The van der Waals surface area contributed by atoms with Crippen LogP contribution in [0, 0.1) is 5.41 Å². The van der Waals surface area contributed by atoms with Gasteiger partial charge in [0.2, 0.25) is 5.91 Å². The van der Waals surface area contributed by atoms with Crippen LogP contribution in [-0.4, -0.2) is 37.6 Å². The fraction of sp³-hybridized carbons (Fsp3) is 0.500. The molecule has 31 heavy (non-hydrogen) atoms. The number of methoxy groups -OCH3 is 1. The first-order valence-electron chi connectivity index (χ1n) is 11.1. The molecular weight excluding hydrogens is 408 g/mol. The Morgan fingerprint density at radius 2 is 1.87 bits per heavy atom. The van der Waals surface area contributed by atoms with Crippen molar-refractivity contribution in [1.29, 1.82) is 0 Å². The molecule has 2 aromatic carbocycles. The van der Waals surface area contributed by atoms with Crippen LogP contribution in [0.5, 0.6) is 5.75 Å². The zero-order valence-electron chi connectivity index (χ0n) is 19.1. The summed E-state index contributed by atoms with van der Waals surface area (Å²) in [4.78, 5) is 17.7. The number of rotatable bonds is 4. The van der Waals surface area contributed by atoms with Crippen LogP contribution in [0.1, 0.15) is 51.2 Å². The molecule has 0 bridgehead atoms. The SMILES string of the molecule is COc1ccc2c(c1)C1(CCN(Cc3cccc(Cl)c3)CC1)CN2C(=O)CC(C)(C)C. The molecule has 0 radical (unpaired) electrons. The summed E-state index contributed by atoms with van der Waals surface area (Å²) in [5.74, 6) is 1.08. The van der Waals surface area contributed by atoms with E-state index in [2.05, 4.69) is 49.9 Å². The molecule has 2 aromatic rings. The third-order valence-corrected chi connectivity index (χ3v) is 6.85. The quantitative estimate of drug-likeness (QED) is 0.614. The van der Waals surface area contributed by atoms with Gasteiger partial charge in [-0.2, -0.15) is 0 Å². The predicted molar refractivity (Wildman–Crippen MR) is 127 cm³/mol. The normalized spacial score (nSPS) is 18.3. The molecule has 0 unspecified atom stereocenters. The van der Waals surface area contributed by atoms with E-state index in [1.165, 1.54) is 11.1 Å². The molecule has 0 aromatic heterocycles. The minimum Gasteiger partial charge on any atom is -0.497 e. The lowest BCUT2D eigenvalue weighted by Crippen LogP contribution is -2.46. The average Bonchev–Trinajstić information content (AvgIpc) is 3.02. The van der Waals surface area contributed by atoms with Gasteiger partial charge < -0.3 is 9.64 Å². The molecule has 0 aliphatic carbocycles. The molecular formula is C26H33ClN2O2. The van der Waals surface area contributed by atoms with Gasteiger partial charge in [-0.1, -0.05) is 44.5 Å². The van der Waals surface area contributed by atoms with Crippen LogP contribution in [0.3, 0.4) is 0 Å². The Kier molecular flexibility index (Phi) is 6.06. The van der Waals surface area contributed by atoms with Gasteiger partial charge in [-0.25, -0.2) is 0 Å². The molecule has 0 atom stereocenters. The Labute approximate surface area is 191 Å². The molecule has 2 heterocycles. The number of amides is 1. The van der Waals surface area contributed by atoms with Crippen LogP contribution in [0.15, 0.2) is 42.5 Å². The minimum atomic E-state index is -0.0280. The number of halogens is 1. The topological polar surface area (TPSA) is 32.8 Å². The number of benzene rings is 2. The van der Waals surface area contributed by atoms with E-state index in [1.54, 1.807) is 7.11 Å². The van der Waals surface area contributed by atoms with Crippen LogP contribution < -0.4 is 9.64 Å². The fourth-order valence-corrected chi connectivity index (χ4v) is 5.22. The summed E-state index contributed by atoms with van der Waals surface area (Å²) in [6.45, 7) is 10.1. The molecule has 1 amide bonds. The zero-order chi connectivity index (χ0) is 22.2. The van der Waals surface area contributed by atoms with Crippen molar-refractivity contribution in [2.45, 2.75) is 52.0 Å². The van der Waals surface area contributed by atoms with E-state index in [-0.39, 0.29) is 16.7 Å². The fourth-order valence-electron chi connectivity index (χ4n) is 5.01. The molecule has 4 rings (SSSR count). The van der Waals surface area contributed by atoms with Gasteiger partial charge in [-0.3, -0.25) is 9.69 Å². The van der Waals surface area contributed by atoms with Gasteiger partial charge >= 0.3 is 0 Å². The Morgan fingerprint density at radius 1 is 1.13 bits per heavy atom. The predicted octanol–water partition coefficient (Wildman–Crippen LogP) is 5.67. The number of nitrogens with zero attached hydrogens (tertiary/aromatic N) is 2. The summed E-state index contributed by atoms with van der Waals surface area (Å²) in [6, 6.07) is 14.3. The first-order valence-corrected chi connectivity index (χ1v) is 11.5. The lowest BCUT2D eigenvalue weighted by atomic mass is 9.74. The van der Waals surface area contributed by atoms with Crippen molar-refractivity contribution in [2.24, 2.45) is 5.41 Å². The lowest BCUT2D eigenvalue weighted by Gasteiger charge is -2.40. The number of hydrogen-bond acceptors (Lipinski definition) is 3. The number of likely N-dealkylation sites (tertiary alicyclic amines) is 1. The van der Waals surface area contributed by atoms with E-state index in [0.717, 1.165) is 55.5 Å². The number of anilines is 1. The third kappa shape index (κ3) is 4.75. The highest BCUT2D eigenvalue weighted by Crippen LogP contribution is 2.49. The van der Waals surface area contributed by atoms with Crippen LogP contribution >= 0.6 is 11.6 Å². The first-order chi connectivity index (χ1) is 14.7. The van der Waals surface area contributed by atoms with Crippen molar-refractivity contribution in [3.63, 3.8) is 0 Å². The van der Waals surface area contributed by atoms with Gasteiger partial charge in [-0.15, -0.1) is 0 Å². The Bertz CT molecular complexity index is 958. The maximum Gasteiger partial charge on any atom is 0.227 e. The smallest absolute Gasteiger partial charge is 0.227 e. The number of carbonyl (C=O) groups is 1. The van der Waals surface area contributed by atoms with Gasteiger partial charge in [0.15, 0.2) is 0 Å². The first kappa shape index (κ1) is 22.2. The molecule has 4 nitrogen and oxygen atoms in total. The molecule has 1 saturated heterocycles. The van der Waals surface area contributed by atoms with Gasteiger partial charge in [0.25, 0.3) is 0 Å². The molecule has 2 aliphatic heterocycles. The van der Waals surface area contributed by atoms with Gasteiger partial charge in [-0.05, 0) is 72.8 Å². The van der Waals surface area contributed by atoms with Crippen LogP contribution in [-0.2, 0) is 16.8 Å². The molecule has 1 spiro atoms. The van der Waals surface area contributed by atoms with Crippen molar-refractivity contribution in [2.75, 3.05) is 31.6 Å². The monoisotopic (exact) mass is 440 g/mol. The van der Waals surface area contributed by atoms with Crippen molar-refractivity contribution >= 4 is 23.2 Å². The Balaban J connectivity index is 1.55. The Morgan fingerprint density at radius 3 is 2.52 bits per heavy atom. The van der Waals surface area contributed by atoms with Crippen molar-refractivity contribution < 1.29 is 9.53 Å². The van der Waals surface area contributed by atoms with E-state index in [0.29, 0.717) is 6.42 Å². The number of fused-ring (bicyclic) bond motifs is 2. The number of piperidine rings is 1. The lowest BCUT2D eigenvalue weighted by molar-refractivity contribution is -0.120. The second kappa shape index (κ2) is 8.48. The van der Waals surface area contributed by atoms with Crippen molar-refractivity contribution in [3.05, 3.63) is 58.6 Å². The largest absolute Gasteiger partial charge is 0.497 e. The van der Waals surface area contributed by atoms with Crippen LogP contribution in [0.25, 0.3) is 0 Å². The van der Waals surface area contributed by atoms with E-state index < -0.39 is 0 Å². The summed E-state index contributed by atoms with van der Waals surface area (Å²) in [5.41, 5.74) is 3.57. The minimum absolute atomic E-state index is 0.00223. The molecule has 0 N–H and O–H groups in total. The highest BCUT2D eigenvalue weighted by atomic mass is 35.5. The second-order valence-electron chi connectivity index (χ2n) is 10.3. The highest BCUT2D eigenvalue weighted by molar-refractivity contribution is 6.30. The maximum atomic E-state index is 13.2. The molecule has 2 aliphatic rings. The third-order valence-electron chi connectivity index (χ3n) is 6.62. The van der Waals surface area contributed by atoms with E-state index in [1.807, 2.05) is 23.1 Å². The number of carbonyl (C=O) groups excluding carboxylic acids is 1. The van der Waals surface area contributed by atoms with E-state index >= 15 is 0 Å². The molecule has 5 heteroatoms. The molecule has 0 saturated carbocycles. The van der Waals surface area contributed by atoms with Crippen molar-refractivity contribution in [1.82, 2.24) is 4.90 Å². The molecule has 1 fully saturated rings. The Hall–Kier alpha value is -2.04. The highest BCUT2D eigenvalue weighted by Gasteiger charge is 2.46. The second-order valence-corrected chi connectivity index (χ2v) is 10.7.